The molecule has 30 heavy (non-hydrogen) atoms. The first-order chi connectivity index (χ1) is 14.4. The Hall–Kier alpha value is -3.19. The van der Waals surface area contributed by atoms with Crippen molar-refractivity contribution in [2.45, 2.75) is 13.8 Å². The van der Waals surface area contributed by atoms with Gasteiger partial charge < -0.3 is 9.47 Å². The summed E-state index contributed by atoms with van der Waals surface area (Å²) >= 11 is 1.48. The summed E-state index contributed by atoms with van der Waals surface area (Å²) in [6, 6.07) is 11.9. The molecule has 0 amide bonds. The van der Waals surface area contributed by atoms with E-state index in [1.807, 2.05) is 37.4 Å². The van der Waals surface area contributed by atoms with Crippen molar-refractivity contribution >= 4 is 17.0 Å². The van der Waals surface area contributed by atoms with Crippen LogP contribution < -0.4 is 14.3 Å². The van der Waals surface area contributed by atoms with E-state index < -0.39 is 0 Å². The summed E-state index contributed by atoms with van der Waals surface area (Å²) in [7, 11) is 3.25. The first kappa shape index (κ1) is 21.5. The number of aromatic nitrogens is 1. The van der Waals surface area contributed by atoms with Gasteiger partial charge in [0.15, 0.2) is 0 Å². The highest BCUT2D eigenvalue weighted by molar-refractivity contribution is 7.07. The van der Waals surface area contributed by atoms with Gasteiger partial charge in [-0.15, -0.1) is 11.3 Å². The predicted molar refractivity (Wildman–Crippen MR) is 120 cm³/mol. The lowest BCUT2D eigenvalue weighted by Gasteiger charge is -2.12. The van der Waals surface area contributed by atoms with Crippen LogP contribution in [-0.2, 0) is 0 Å². The van der Waals surface area contributed by atoms with Gasteiger partial charge in [0.05, 0.1) is 32.2 Å². The molecule has 0 spiro atoms. The third kappa shape index (κ3) is 4.86. The summed E-state index contributed by atoms with van der Waals surface area (Å²) in [5.74, 6) is 1.13. The van der Waals surface area contributed by atoms with Gasteiger partial charge in [0.1, 0.15) is 17.3 Å². The number of halogens is 1. The van der Waals surface area contributed by atoms with Crippen LogP contribution in [0.1, 0.15) is 19.4 Å². The summed E-state index contributed by atoms with van der Waals surface area (Å²) < 4.78 is 26.1. The molecule has 0 unspecified atom stereocenters. The number of rotatable bonds is 7. The molecule has 0 atom stereocenters. The Kier molecular flexibility index (Phi) is 6.84. The number of thiazole rings is 1. The maximum atomic E-state index is 13.3. The molecule has 5 nitrogen and oxygen atoms in total. The lowest BCUT2D eigenvalue weighted by molar-refractivity contribution is 0.404. The molecule has 0 saturated carbocycles. The van der Waals surface area contributed by atoms with Crippen LogP contribution in [0.2, 0.25) is 0 Å². The quantitative estimate of drug-likeness (QED) is 0.390. The van der Waals surface area contributed by atoms with E-state index in [9.17, 15) is 4.39 Å². The van der Waals surface area contributed by atoms with Crippen molar-refractivity contribution < 1.29 is 13.9 Å². The molecule has 7 heteroatoms. The smallest absolute Gasteiger partial charge is 0.206 e. The van der Waals surface area contributed by atoms with Gasteiger partial charge in [-0.25, -0.2) is 9.07 Å². The number of hydrogen-bond donors (Lipinski definition) is 0. The first-order valence-corrected chi connectivity index (χ1v) is 10.2. The molecular formula is C23H24FN3O2S. The number of nitrogens with zero attached hydrogens (tertiary/aromatic N) is 3. The Labute approximate surface area is 179 Å². The third-order valence-electron chi connectivity index (χ3n) is 4.36. The van der Waals surface area contributed by atoms with Gasteiger partial charge in [-0.1, -0.05) is 24.3 Å². The molecular weight excluding hydrogens is 401 g/mol. The third-order valence-corrected chi connectivity index (χ3v) is 5.22. The zero-order chi connectivity index (χ0) is 21.7. The van der Waals surface area contributed by atoms with Crippen molar-refractivity contribution in [3.05, 3.63) is 76.2 Å². The van der Waals surface area contributed by atoms with E-state index in [2.05, 4.69) is 11.6 Å². The SMILES string of the molecule is C=C(C)CN=c1scc(-c2cc(OC)ccc2OC)n1N=C(C)c1ccc(F)cc1. The fraction of sp³-hybridized carbons (Fsp3) is 0.217. The lowest BCUT2D eigenvalue weighted by atomic mass is 10.1. The lowest BCUT2D eigenvalue weighted by Crippen LogP contribution is -2.15. The second-order valence-electron chi connectivity index (χ2n) is 6.75. The van der Waals surface area contributed by atoms with Crippen LogP contribution >= 0.6 is 11.3 Å². The summed E-state index contributed by atoms with van der Waals surface area (Å²) in [5, 5.41) is 6.79. The van der Waals surface area contributed by atoms with Crippen molar-refractivity contribution in [2.24, 2.45) is 10.1 Å². The molecule has 1 aromatic heterocycles. The first-order valence-electron chi connectivity index (χ1n) is 9.32. The molecule has 0 aliphatic heterocycles. The molecule has 2 aromatic carbocycles. The van der Waals surface area contributed by atoms with Gasteiger partial charge in [0.2, 0.25) is 4.80 Å². The Balaban J connectivity index is 2.21. The molecule has 0 aliphatic rings. The maximum Gasteiger partial charge on any atom is 0.206 e. The molecule has 0 bridgehead atoms. The van der Waals surface area contributed by atoms with Gasteiger partial charge >= 0.3 is 0 Å². The van der Waals surface area contributed by atoms with E-state index in [1.54, 1.807) is 31.0 Å². The molecule has 3 aromatic rings. The van der Waals surface area contributed by atoms with Gasteiger partial charge in [-0.3, -0.25) is 4.99 Å². The maximum absolute atomic E-state index is 13.3. The topological polar surface area (TPSA) is 48.1 Å². The van der Waals surface area contributed by atoms with Crippen LogP contribution in [0.25, 0.3) is 11.3 Å². The van der Waals surface area contributed by atoms with Gasteiger partial charge in [-0.2, -0.15) is 5.10 Å². The van der Waals surface area contributed by atoms with Crippen LogP contribution in [0.4, 0.5) is 4.39 Å². The Bertz CT molecular complexity index is 1140. The van der Waals surface area contributed by atoms with E-state index >= 15 is 0 Å². The van der Waals surface area contributed by atoms with Crippen molar-refractivity contribution in [3.8, 4) is 22.8 Å². The van der Waals surface area contributed by atoms with Crippen molar-refractivity contribution in [3.63, 3.8) is 0 Å². The highest BCUT2D eigenvalue weighted by atomic mass is 32.1. The van der Waals surface area contributed by atoms with E-state index in [1.165, 1.54) is 23.5 Å². The minimum atomic E-state index is -0.284. The van der Waals surface area contributed by atoms with E-state index in [0.717, 1.165) is 32.9 Å². The minimum absolute atomic E-state index is 0.284. The van der Waals surface area contributed by atoms with Crippen LogP contribution in [0.15, 0.2) is 70.1 Å². The van der Waals surface area contributed by atoms with Crippen molar-refractivity contribution in [2.75, 3.05) is 20.8 Å². The molecule has 156 valence electrons. The fourth-order valence-electron chi connectivity index (χ4n) is 2.81. The Morgan fingerprint density at radius 2 is 1.83 bits per heavy atom. The average molecular weight is 426 g/mol. The minimum Gasteiger partial charge on any atom is -0.497 e. The molecule has 0 N–H and O–H groups in total. The van der Waals surface area contributed by atoms with Gasteiger partial charge in [-0.05, 0) is 49.7 Å². The largest absolute Gasteiger partial charge is 0.497 e. The summed E-state index contributed by atoms with van der Waals surface area (Å²) in [4.78, 5) is 5.38. The standard InChI is InChI=1S/C23H24FN3O2S/c1-15(2)13-25-23-27(26-16(3)17-6-8-18(24)9-7-17)21(14-30-23)20-12-19(28-4)10-11-22(20)29-5/h6-12,14H,1,13H2,2-5H3. The number of benzene rings is 2. The van der Waals surface area contributed by atoms with E-state index in [4.69, 9.17) is 14.6 Å². The second-order valence-corrected chi connectivity index (χ2v) is 7.58. The predicted octanol–water partition coefficient (Wildman–Crippen LogP) is 5.12. The molecule has 0 radical (unpaired) electrons. The molecule has 3 rings (SSSR count). The highest BCUT2D eigenvalue weighted by Gasteiger charge is 2.15. The van der Waals surface area contributed by atoms with Gasteiger partial charge in [0, 0.05) is 10.9 Å². The summed E-state index contributed by atoms with van der Waals surface area (Å²) in [6.07, 6.45) is 0. The van der Waals surface area contributed by atoms with Gasteiger partial charge in [0.25, 0.3) is 0 Å². The molecule has 0 saturated heterocycles. The monoisotopic (exact) mass is 425 g/mol. The zero-order valence-corrected chi connectivity index (χ0v) is 18.3. The zero-order valence-electron chi connectivity index (χ0n) is 17.5. The normalized spacial score (nSPS) is 12.2. The molecule has 0 aliphatic carbocycles. The fourth-order valence-corrected chi connectivity index (χ4v) is 3.63. The summed E-state index contributed by atoms with van der Waals surface area (Å²) in [5.41, 5.74) is 4.16. The second kappa shape index (κ2) is 9.54. The number of hydrogen-bond acceptors (Lipinski definition) is 5. The van der Waals surface area contributed by atoms with Crippen LogP contribution in [0.5, 0.6) is 11.5 Å². The Morgan fingerprint density at radius 3 is 2.47 bits per heavy atom. The molecule has 1 heterocycles. The van der Waals surface area contributed by atoms with Crippen LogP contribution in [0, 0.1) is 5.82 Å². The van der Waals surface area contributed by atoms with Crippen LogP contribution in [0.3, 0.4) is 0 Å². The number of methoxy groups -OCH3 is 2. The molecule has 0 fully saturated rings. The van der Waals surface area contributed by atoms with Crippen molar-refractivity contribution in [1.82, 2.24) is 4.68 Å². The average Bonchev–Trinajstić information content (AvgIpc) is 3.14. The van der Waals surface area contributed by atoms with Crippen molar-refractivity contribution in [1.29, 1.82) is 0 Å². The van der Waals surface area contributed by atoms with E-state index in [0.29, 0.717) is 18.0 Å². The highest BCUT2D eigenvalue weighted by Crippen LogP contribution is 2.33. The number of ether oxygens (including phenoxy) is 2. The Morgan fingerprint density at radius 1 is 1.10 bits per heavy atom. The van der Waals surface area contributed by atoms with E-state index in [-0.39, 0.29) is 5.82 Å². The summed E-state index contributed by atoms with van der Waals surface area (Å²) in [6.45, 7) is 8.24. The van der Waals surface area contributed by atoms with Crippen LogP contribution in [-0.4, -0.2) is 31.2 Å².